The fraction of sp³-hybridized carbons (Fsp3) is 0.231. The molecule has 5 nitrogen and oxygen atoms in total. The number of halogens is 1. The van der Waals surface area contributed by atoms with Gasteiger partial charge in [-0.25, -0.2) is 4.79 Å². The molecule has 0 fully saturated rings. The Bertz CT molecular complexity index is 553. The van der Waals surface area contributed by atoms with Crippen molar-refractivity contribution in [2.75, 3.05) is 6.54 Å². The Hall–Kier alpha value is -1.82. The number of benzene rings is 1. The van der Waals surface area contributed by atoms with Crippen molar-refractivity contribution in [2.45, 2.75) is 13.0 Å². The molecule has 0 bridgehead atoms. The molecule has 2 rings (SSSR count). The molecule has 0 atom stereocenters. The van der Waals surface area contributed by atoms with E-state index in [2.05, 4.69) is 21.2 Å². The first-order valence-corrected chi connectivity index (χ1v) is 6.49. The van der Waals surface area contributed by atoms with Crippen molar-refractivity contribution in [3.8, 4) is 0 Å². The molecule has 1 aliphatic heterocycles. The molecule has 1 amide bonds. The van der Waals surface area contributed by atoms with Crippen LogP contribution in [0.4, 0.5) is 0 Å². The molecule has 100 valence electrons. The molecule has 1 heterocycles. The van der Waals surface area contributed by atoms with E-state index in [4.69, 9.17) is 9.84 Å². The van der Waals surface area contributed by atoms with Gasteiger partial charge in [0.15, 0.2) is 5.76 Å². The van der Waals surface area contributed by atoms with Gasteiger partial charge in [-0.1, -0.05) is 28.1 Å². The molecule has 0 unspecified atom stereocenters. The number of hydrogen-bond donors (Lipinski definition) is 2. The quantitative estimate of drug-likeness (QED) is 0.885. The number of carboxylic acids is 1. The third-order valence-corrected chi connectivity index (χ3v) is 3.16. The summed E-state index contributed by atoms with van der Waals surface area (Å²) < 4.78 is 6.27. The van der Waals surface area contributed by atoms with Gasteiger partial charge in [0.2, 0.25) is 0 Å². The first kappa shape index (κ1) is 13.6. The van der Waals surface area contributed by atoms with E-state index in [0.29, 0.717) is 6.54 Å². The highest BCUT2D eigenvalue weighted by atomic mass is 79.9. The highest BCUT2D eigenvalue weighted by Crippen LogP contribution is 2.18. The molecule has 1 aliphatic rings. The molecule has 0 saturated heterocycles. The molecular formula is C13H12BrNO4. The van der Waals surface area contributed by atoms with Gasteiger partial charge in [0.1, 0.15) is 6.61 Å². The van der Waals surface area contributed by atoms with Crippen LogP contribution in [0, 0.1) is 0 Å². The van der Waals surface area contributed by atoms with Crippen LogP contribution in [0.25, 0.3) is 0 Å². The molecule has 6 heteroatoms. The molecule has 2 N–H and O–H groups in total. The SMILES string of the molecule is O=C(O)C1=C(OCc2cccc(Br)c2)C(=O)NCC1. The summed E-state index contributed by atoms with van der Waals surface area (Å²) in [7, 11) is 0. The predicted molar refractivity (Wildman–Crippen MR) is 71.2 cm³/mol. The second kappa shape index (κ2) is 5.88. The van der Waals surface area contributed by atoms with Crippen LogP contribution < -0.4 is 5.32 Å². The second-order valence-electron chi connectivity index (χ2n) is 4.04. The fourth-order valence-corrected chi connectivity index (χ4v) is 2.22. The highest BCUT2D eigenvalue weighted by molar-refractivity contribution is 9.10. The molecule has 0 radical (unpaired) electrons. The zero-order valence-electron chi connectivity index (χ0n) is 9.98. The van der Waals surface area contributed by atoms with Gasteiger partial charge >= 0.3 is 5.97 Å². The van der Waals surface area contributed by atoms with Crippen LogP contribution in [0.1, 0.15) is 12.0 Å². The van der Waals surface area contributed by atoms with Crippen LogP contribution in [0.5, 0.6) is 0 Å². The maximum atomic E-state index is 11.6. The molecule has 0 saturated carbocycles. The third-order valence-electron chi connectivity index (χ3n) is 2.67. The van der Waals surface area contributed by atoms with Crippen LogP contribution in [-0.2, 0) is 20.9 Å². The summed E-state index contributed by atoms with van der Waals surface area (Å²) in [6, 6.07) is 7.41. The zero-order valence-corrected chi connectivity index (χ0v) is 11.6. The normalized spacial score (nSPS) is 15.1. The summed E-state index contributed by atoms with van der Waals surface area (Å²) in [5, 5.41) is 11.6. The van der Waals surface area contributed by atoms with Crippen molar-refractivity contribution >= 4 is 27.8 Å². The molecular weight excluding hydrogens is 314 g/mol. The Balaban J connectivity index is 2.16. The zero-order chi connectivity index (χ0) is 13.8. The lowest BCUT2D eigenvalue weighted by Gasteiger charge is -2.18. The first-order chi connectivity index (χ1) is 9.08. The Labute approximate surface area is 118 Å². The molecule has 0 spiro atoms. The van der Waals surface area contributed by atoms with Crippen molar-refractivity contribution in [1.82, 2.24) is 5.32 Å². The van der Waals surface area contributed by atoms with Gasteiger partial charge in [0, 0.05) is 17.4 Å². The molecule has 1 aromatic rings. The van der Waals surface area contributed by atoms with E-state index < -0.39 is 11.9 Å². The minimum absolute atomic E-state index is 0.0266. The van der Waals surface area contributed by atoms with Gasteiger partial charge in [-0.05, 0) is 17.7 Å². The number of carbonyl (C=O) groups excluding carboxylic acids is 1. The first-order valence-electron chi connectivity index (χ1n) is 5.70. The van der Waals surface area contributed by atoms with Gasteiger partial charge in [-0.15, -0.1) is 0 Å². The summed E-state index contributed by atoms with van der Waals surface area (Å²) in [6.07, 6.45) is 0.273. The lowest BCUT2D eigenvalue weighted by molar-refractivity contribution is -0.134. The summed E-state index contributed by atoms with van der Waals surface area (Å²) in [5.41, 5.74) is 0.878. The summed E-state index contributed by atoms with van der Waals surface area (Å²) in [4.78, 5) is 22.7. The van der Waals surface area contributed by atoms with E-state index in [9.17, 15) is 9.59 Å². The summed E-state index contributed by atoms with van der Waals surface area (Å²) in [6.45, 7) is 0.475. The van der Waals surface area contributed by atoms with Crippen LogP contribution >= 0.6 is 15.9 Å². The van der Waals surface area contributed by atoms with E-state index >= 15 is 0 Å². The second-order valence-corrected chi connectivity index (χ2v) is 4.95. The van der Waals surface area contributed by atoms with E-state index in [1.165, 1.54) is 0 Å². The van der Waals surface area contributed by atoms with Gasteiger partial charge in [0.05, 0.1) is 5.57 Å². The molecule has 1 aromatic carbocycles. The number of aliphatic carboxylic acids is 1. The smallest absolute Gasteiger partial charge is 0.335 e. The minimum Gasteiger partial charge on any atom is -0.483 e. The lowest BCUT2D eigenvalue weighted by Crippen LogP contribution is -2.34. The predicted octanol–water partition coefficient (Wildman–Crippen LogP) is 1.82. The Morgan fingerprint density at radius 3 is 2.95 bits per heavy atom. The van der Waals surface area contributed by atoms with Crippen LogP contribution in [-0.4, -0.2) is 23.5 Å². The number of carbonyl (C=O) groups is 2. The van der Waals surface area contributed by atoms with Crippen molar-refractivity contribution in [2.24, 2.45) is 0 Å². The average Bonchev–Trinajstić information content (AvgIpc) is 2.37. The summed E-state index contributed by atoms with van der Waals surface area (Å²) >= 11 is 3.33. The van der Waals surface area contributed by atoms with Gasteiger partial charge in [-0.3, -0.25) is 4.79 Å². The van der Waals surface area contributed by atoms with Crippen LogP contribution in [0.15, 0.2) is 40.1 Å². The molecule has 0 aliphatic carbocycles. The number of rotatable bonds is 4. The maximum Gasteiger partial charge on any atom is 0.335 e. The maximum absolute atomic E-state index is 11.6. The van der Waals surface area contributed by atoms with Crippen molar-refractivity contribution in [1.29, 1.82) is 0 Å². The topological polar surface area (TPSA) is 75.6 Å². The van der Waals surface area contributed by atoms with Gasteiger partial charge < -0.3 is 15.2 Å². The number of hydrogen-bond acceptors (Lipinski definition) is 3. The summed E-state index contributed by atoms with van der Waals surface area (Å²) in [5.74, 6) is -1.68. The van der Waals surface area contributed by atoms with Crippen LogP contribution in [0.3, 0.4) is 0 Å². The average molecular weight is 326 g/mol. The highest BCUT2D eigenvalue weighted by Gasteiger charge is 2.26. The largest absolute Gasteiger partial charge is 0.483 e. The van der Waals surface area contributed by atoms with Crippen molar-refractivity contribution in [3.05, 3.63) is 45.6 Å². The monoisotopic (exact) mass is 325 g/mol. The van der Waals surface area contributed by atoms with Crippen LogP contribution in [0.2, 0.25) is 0 Å². The van der Waals surface area contributed by atoms with E-state index in [1.807, 2.05) is 24.3 Å². The minimum atomic E-state index is -1.11. The lowest BCUT2D eigenvalue weighted by atomic mass is 10.1. The standard InChI is InChI=1S/C13H12BrNO4/c14-9-3-1-2-8(6-9)7-19-11-10(13(17)18)4-5-15-12(11)16/h1-3,6H,4-5,7H2,(H,15,16)(H,17,18). The number of nitrogens with one attached hydrogen (secondary N) is 1. The van der Waals surface area contributed by atoms with Crippen molar-refractivity contribution in [3.63, 3.8) is 0 Å². The Morgan fingerprint density at radius 1 is 1.47 bits per heavy atom. The van der Waals surface area contributed by atoms with E-state index in [0.717, 1.165) is 10.0 Å². The third kappa shape index (κ3) is 3.35. The number of ether oxygens (including phenoxy) is 1. The van der Waals surface area contributed by atoms with E-state index in [1.54, 1.807) is 0 Å². The van der Waals surface area contributed by atoms with Gasteiger partial charge in [0.25, 0.3) is 5.91 Å². The molecule has 19 heavy (non-hydrogen) atoms. The Morgan fingerprint density at radius 2 is 2.26 bits per heavy atom. The van der Waals surface area contributed by atoms with Gasteiger partial charge in [-0.2, -0.15) is 0 Å². The number of carboxylic acid groups (broad SMARTS) is 1. The fourth-order valence-electron chi connectivity index (χ4n) is 1.77. The Kier molecular flexibility index (Phi) is 4.21. The molecule has 0 aromatic heterocycles. The van der Waals surface area contributed by atoms with E-state index in [-0.39, 0.29) is 24.4 Å². The van der Waals surface area contributed by atoms with Crippen molar-refractivity contribution < 1.29 is 19.4 Å². The number of amides is 1.